The average Bonchev–Trinajstić information content (AvgIpc) is 2.45. The predicted molar refractivity (Wildman–Crippen MR) is 66.2 cm³/mol. The third-order valence-corrected chi connectivity index (χ3v) is 3.13. The third kappa shape index (κ3) is 3.47. The lowest BCUT2D eigenvalue weighted by molar-refractivity contribution is -0.140. The molecule has 112 valence electrons. The van der Waals surface area contributed by atoms with Gasteiger partial charge in [-0.1, -0.05) is 6.92 Å². The molecule has 0 saturated carbocycles. The molecule has 0 amide bonds. The molecule has 2 rings (SSSR count). The fraction of sp³-hybridized carbons (Fsp3) is 0.615. The number of hydrogen-bond acceptors (Lipinski definition) is 4. The molecule has 0 radical (unpaired) electrons. The molecule has 2 unspecified atom stereocenters. The minimum Gasteiger partial charge on any atom is -0.376 e. The van der Waals surface area contributed by atoms with Crippen molar-refractivity contribution in [2.24, 2.45) is 0 Å². The van der Waals surface area contributed by atoms with E-state index in [0.29, 0.717) is 19.8 Å². The molecule has 7 heteroatoms. The van der Waals surface area contributed by atoms with Crippen LogP contribution < -0.4 is 5.32 Å². The molecule has 1 aromatic heterocycles. The minimum atomic E-state index is -4.42. The Morgan fingerprint density at radius 2 is 2.25 bits per heavy atom. The van der Waals surface area contributed by atoms with Crippen LogP contribution in [0.1, 0.15) is 24.1 Å². The summed E-state index contributed by atoms with van der Waals surface area (Å²) in [4.78, 5) is 3.82. The Morgan fingerprint density at radius 3 is 2.85 bits per heavy atom. The Kier molecular flexibility index (Phi) is 4.95. The van der Waals surface area contributed by atoms with Crippen molar-refractivity contribution in [3.8, 4) is 0 Å². The topological polar surface area (TPSA) is 43.4 Å². The standard InChI is InChI=1S/C13H17F3N2O2/c1-2-18-12(11-8-19-5-6-20-11)9-7-17-4-3-10(9)13(14,15)16/h3-4,7,11-12,18H,2,5-6,8H2,1H3. The molecule has 1 saturated heterocycles. The van der Waals surface area contributed by atoms with Crippen molar-refractivity contribution in [3.05, 3.63) is 29.6 Å². The first-order valence-corrected chi connectivity index (χ1v) is 6.48. The molecule has 1 fully saturated rings. The largest absolute Gasteiger partial charge is 0.416 e. The van der Waals surface area contributed by atoms with Crippen LogP contribution in [0.5, 0.6) is 0 Å². The molecule has 0 aliphatic carbocycles. The number of aromatic nitrogens is 1. The number of ether oxygens (including phenoxy) is 2. The van der Waals surface area contributed by atoms with Gasteiger partial charge in [-0.15, -0.1) is 0 Å². The number of alkyl halides is 3. The van der Waals surface area contributed by atoms with Gasteiger partial charge in [0.1, 0.15) is 6.10 Å². The lowest BCUT2D eigenvalue weighted by Gasteiger charge is -2.32. The number of nitrogens with one attached hydrogen (secondary N) is 1. The fourth-order valence-corrected chi connectivity index (χ4v) is 2.27. The Bertz CT molecular complexity index is 434. The highest BCUT2D eigenvalue weighted by Crippen LogP contribution is 2.35. The zero-order chi connectivity index (χ0) is 14.6. The Morgan fingerprint density at radius 1 is 1.45 bits per heavy atom. The number of likely N-dealkylation sites (N-methyl/N-ethyl adjacent to an activating group) is 1. The van der Waals surface area contributed by atoms with Crippen molar-refractivity contribution in [1.29, 1.82) is 0 Å². The third-order valence-electron chi connectivity index (χ3n) is 3.13. The highest BCUT2D eigenvalue weighted by Gasteiger charge is 2.37. The molecule has 2 atom stereocenters. The maximum absolute atomic E-state index is 13.1. The summed E-state index contributed by atoms with van der Waals surface area (Å²) in [6, 6.07) is 0.397. The number of rotatable bonds is 4. The lowest BCUT2D eigenvalue weighted by atomic mass is 9.97. The molecular weight excluding hydrogens is 273 g/mol. The van der Waals surface area contributed by atoms with Gasteiger partial charge < -0.3 is 14.8 Å². The number of hydrogen-bond donors (Lipinski definition) is 1. The highest BCUT2D eigenvalue weighted by molar-refractivity contribution is 5.30. The van der Waals surface area contributed by atoms with Crippen molar-refractivity contribution in [2.75, 3.05) is 26.4 Å². The van der Waals surface area contributed by atoms with Gasteiger partial charge in [-0.05, 0) is 12.6 Å². The smallest absolute Gasteiger partial charge is 0.376 e. The molecule has 0 bridgehead atoms. The lowest BCUT2D eigenvalue weighted by Crippen LogP contribution is -2.41. The van der Waals surface area contributed by atoms with E-state index in [0.717, 1.165) is 12.3 Å². The van der Waals surface area contributed by atoms with Crippen LogP contribution in [0.2, 0.25) is 0 Å². The van der Waals surface area contributed by atoms with E-state index in [9.17, 15) is 13.2 Å². The Balaban J connectivity index is 2.33. The molecular formula is C13H17F3N2O2. The predicted octanol–water partition coefficient (Wildman–Crippen LogP) is 2.17. The maximum atomic E-state index is 13.1. The molecule has 1 aliphatic rings. The molecule has 20 heavy (non-hydrogen) atoms. The van der Waals surface area contributed by atoms with Crippen LogP contribution in [-0.4, -0.2) is 37.5 Å². The summed E-state index contributed by atoms with van der Waals surface area (Å²) in [5.41, 5.74) is -0.593. The summed E-state index contributed by atoms with van der Waals surface area (Å²) in [7, 11) is 0. The Labute approximate surface area is 115 Å². The first kappa shape index (κ1) is 15.2. The molecule has 0 aromatic carbocycles. The van der Waals surface area contributed by atoms with E-state index in [-0.39, 0.29) is 12.2 Å². The number of halogens is 3. The van der Waals surface area contributed by atoms with E-state index in [1.807, 2.05) is 6.92 Å². The minimum absolute atomic E-state index is 0.0948. The first-order valence-electron chi connectivity index (χ1n) is 6.48. The molecule has 1 aromatic rings. The van der Waals surface area contributed by atoms with Gasteiger partial charge in [0.05, 0.1) is 31.4 Å². The summed E-state index contributed by atoms with van der Waals surface area (Å²) in [6.45, 7) is 3.48. The number of pyridine rings is 1. The zero-order valence-electron chi connectivity index (χ0n) is 11.1. The van der Waals surface area contributed by atoms with Gasteiger partial charge in [-0.25, -0.2) is 0 Å². The van der Waals surface area contributed by atoms with Crippen molar-refractivity contribution in [1.82, 2.24) is 10.3 Å². The second kappa shape index (κ2) is 6.51. The summed E-state index contributed by atoms with van der Waals surface area (Å²) < 4.78 is 50.1. The summed E-state index contributed by atoms with van der Waals surface area (Å²) in [5, 5.41) is 3.04. The average molecular weight is 290 g/mol. The van der Waals surface area contributed by atoms with Crippen molar-refractivity contribution in [2.45, 2.75) is 25.2 Å². The monoisotopic (exact) mass is 290 g/mol. The first-order chi connectivity index (χ1) is 9.54. The van der Waals surface area contributed by atoms with Gasteiger partial charge in [0.25, 0.3) is 0 Å². The quantitative estimate of drug-likeness (QED) is 0.923. The Hall–Kier alpha value is -1.18. The second-order valence-electron chi connectivity index (χ2n) is 4.48. The normalized spacial score (nSPS) is 21.7. The van der Waals surface area contributed by atoms with E-state index >= 15 is 0 Å². The zero-order valence-corrected chi connectivity index (χ0v) is 11.1. The van der Waals surface area contributed by atoms with Gasteiger partial charge in [0.15, 0.2) is 0 Å². The molecule has 4 nitrogen and oxygen atoms in total. The summed E-state index contributed by atoms with van der Waals surface area (Å²) in [5.74, 6) is 0. The van der Waals surface area contributed by atoms with E-state index in [1.165, 1.54) is 6.20 Å². The van der Waals surface area contributed by atoms with E-state index in [1.54, 1.807) is 0 Å². The van der Waals surface area contributed by atoms with Crippen LogP contribution in [0, 0.1) is 0 Å². The maximum Gasteiger partial charge on any atom is 0.416 e. The van der Waals surface area contributed by atoms with Crippen molar-refractivity contribution < 1.29 is 22.6 Å². The highest BCUT2D eigenvalue weighted by atomic mass is 19.4. The summed E-state index contributed by atoms with van der Waals surface area (Å²) >= 11 is 0. The molecule has 1 N–H and O–H groups in total. The van der Waals surface area contributed by atoms with E-state index < -0.39 is 23.9 Å². The van der Waals surface area contributed by atoms with Gasteiger partial charge in [-0.2, -0.15) is 13.2 Å². The van der Waals surface area contributed by atoms with Crippen LogP contribution >= 0.6 is 0 Å². The van der Waals surface area contributed by atoms with Crippen molar-refractivity contribution >= 4 is 0 Å². The fourth-order valence-electron chi connectivity index (χ4n) is 2.27. The second-order valence-corrected chi connectivity index (χ2v) is 4.48. The van der Waals surface area contributed by atoms with Gasteiger partial charge in [0, 0.05) is 18.0 Å². The molecule has 1 aliphatic heterocycles. The van der Waals surface area contributed by atoms with Crippen LogP contribution in [0.3, 0.4) is 0 Å². The molecule has 0 spiro atoms. The van der Waals surface area contributed by atoms with Crippen LogP contribution in [0.25, 0.3) is 0 Å². The van der Waals surface area contributed by atoms with Gasteiger partial charge in [-0.3, -0.25) is 4.98 Å². The van der Waals surface area contributed by atoms with Crippen LogP contribution in [0.15, 0.2) is 18.5 Å². The van der Waals surface area contributed by atoms with Crippen LogP contribution in [0.4, 0.5) is 13.2 Å². The van der Waals surface area contributed by atoms with Gasteiger partial charge >= 0.3 is 6.18 Å². The van der Waals surface area contributed by atoms with Crippen LogP contribution in [-0.2, 0) is 15.7 Å². The summed E-state index contributed by atoms with van der Waals surface area (Å²) in [6.07, 6.45) is -2.47. The van der Waals surface area contributed by atoms with Gasteiger partial charge in [0.2, 0.25) is 0 Å². The number of nitrogens with zero attached hydrogens (tertiary/aromatic N) is 1. The van der Waals surface area contributed by atoms with Crippen molar-refractivity contribution in [3.63, 3.8) is 0 Å². The van der Waals surface area contributed by atoms with E-state index in [2.05, 4.69) is 10.3 Å². The SMILES string of the molecule is CCNC(c1cnccc1C(F)(F)F)C1COCCO1. The van der Waals surface area contributed by atoms with E-state index in [4.69, 9.17) is 9.47 Å². The molecule has 2 heterocycles.